The van der Waals surface area contributed by atoms with Crippen LogP contribution >= 0.6 is 11.3 Å². The first-order valence-electron chi connectivity index (χ1n) is 14.2. The number of carbonyl (C=O) groups is 2. The Labute approximate surface area is 246 Å². The number of rotatable bonds is 8. The quantitative estimate of drug-likeness (QED) is 0.247. The van der Waals surface area contributed by atoms with E-state index in [0.717, 1.165) is 51.6 Å². The third-order valence-electron chi connectivity index (χ3n) is 7.40. The van der Waals surface area contributed by atoms with Gasteiger partial charge in [0.1, 0.15) is 17.0 Å². The van der Waals surface area contributed by atoms with Crippen LogP contribution in [0.3, 0.4) is 0 Å². The van der Waals surface area contributed by atoms with Gasteiger partial charge in [-0.25, -0.2) is 19.9 Å². The topological polar surface area (TPSA) is 121 Å². The van der Waals surface area contributed by atoms with Crippen LogP contribution in [0.25, 0.3) is 11.3 Å². The van der Waals surface area contributed by atoms with E-state index in [0.29, 0.717) is 43.2 Å². The van der Waals surface area contributed by atoms with E-state index >= 15 is 0 Å². The molecule has 0 aliphatic carbocycles. The molecule has 2 aromatic heterocycles. The summed E-state index contributed by atoms with van der Waals surface area (Å²) in [6.45, 7) is 14.2. The van der Waals surface area contributed by atoms with E-state index in [1.54, 1.807) is 12.5 Å². The Balaban J connectivity index is 1.49. The number of aliphatic carboxylic acids is 1. The van der Waals surface area contributed by atoms with Crippen molar-refractivity contribution in [3.63, 3.8) is 0 Å². The van der Waals surface area contributed by atoms with Crippen LogP contribution in [-0.2, 0) is 16.8 Å². The Morgan fingerprint density at radius 2 is 1.88 bits per heavy atom. The monoisotopic (exact) mass is 576 g/mol. The zero-order chi connectivity index (χ0) is 29.7. The van der Waals surface area contributed by atoms with E-state index in [1.165, 1.54) is 11.3 Å². The number of hydrogen-bond donors (Lipinski definition) is 2. The van der Waals surface area contributed by atoms with E-state index in [2.05, 4.69) is 58.9 Å². The van der Waals surface area contributed by atoms with E-state index in [9.17, 15) is 14.7 Å². The molecule has 1 aliphatic rings. The van der Waals surface area contributed by atoms with Gasteiger partial charge in [-0.05, 0) is 50.3 Å². The van der Waals surface area contributed by atoms with Gasteiger partial charge in [-0.3, -0.25) is 9.59 Å². The highest BCUT2D eigenvalue weighted by molar-refractivity contribution is 7.13. The number of amidine groups is 1. The maximum absolute atomic E-state index is 12.7. The summed E-state index contributed by atoms with van der Waals surface area (Å²) in [6.07, 6.45) is 6.19. The lowest BCUT2D eigenvalue weighted by atomic mass is 9.97. The first-order valence-corrected chi connectivity index (χ1v) is 15.0. The largest absolute Gasteiger partial charge is 0.481 e. The molecule has 0 saturated carbocycles. The van der Waals surface area contributed by atoms with Crippen molar-refractivity contribution in [2.45, 2.75) is 79.2 Å². The normalized spacial score (nSPS) is 14.8. The van der Waals surface area contributed by atoms with Crippen molar-refractivity contribution in [2.75, 3.05) is 13.1 Å². The number of benzene rings is 1. The molecule has 41 heavy (non-hydrogen) atoms. The average molecular weight is 577 g/mol. The fraction of sp³-hybridized carbons (Fsp3) is 0.484. The second-order valence-electron chi connectivity index (χ2n) is 11.7. The molecule has 1 aromatic carbocycles. The summed E-state index contributed by atoms with van der Waals surface area (Å²) in [5.74, 6) is 0.461. The molecular weight excluding hydrogens is 536 g/mol. The molecule has 3 heterocycles. The lowest BCUT2D eigenvalue weighted by Gasteiger charge is -2.32. The van der Waals surface area contributed by atoms with Crippen molar-refractivity contribution < 1.29 is 14.7 Å². The van der Waals surface area contributed by atoms with Crippen LogP contribution in [0.2, 0.25) is 0 Å². The lowest BCUT2D eigenvalue weighted by molar-refractivity contribution is -0.143. The Morgan fingerprint density at radius 1 is 1.15 bits per heavy atom. The number of nitrogens with one attached hydrogen (secondary N) is 1. The molecule has 0 atom stereocenters. The number of likely N-dealkylation sites (tertiary alicyclic amines) is 1. The van der Waals surface area contributed by atoms with Crippen LogP contribution in [0, 0.1) is 19.8 Å². The highest BCUT2D eigenvalue weighted by atomic mass is 32.1. The second kappa shape index (κ2) is 12.9. The zero-order valence-corrected chi connectivity index (χ0v) is 25.6. The minimum Gasteiger partial charge on any atom is -0.481 e. The standard InChI is InChI=1S/C31H40N6O3S/c1-7-8-25(37-13-11-21(12-14-37)29(39)40)36-27-20(3)26(34-18-35-27)22-9-10-23(19(2)15-22)16-32-28(38)24-17-33-30(41-24)31(4,5)6/h9-10,15,17-18,21H,7-8,11-14,16H2,1-6H3,(H,32,38)(H,39,40). The Kier molecular flexibility index (Phi) is 9.53. The summed E-state index contributed by atoms with van der Waals surface area (Å²) in [6, 6.07) is 6.13. The maximum Gasteiger partial charge on any atom is 0.306 e. The minimum atomic E-state index is -0.715. The van der Waals surface area contributed by atoms with E-state index in [4.69, 9.17) is 4.99 Å². The highest BCUT2D eigenvalue weighted by Gasteiger charge is 2.26. The molecule has 218 valence electrons. The third kappa shape index (κ3) is 7.35. The highest BCUT2D eigenvalue weighted by Crippen LogP contribution is 2.30. The molecule has 0 bridgehead atoms. The summed E-state index contributed by atoms with van der Waals surface area (Å²) in [4.78, 5) is 45.4. The minimum absolute atomic E-state index is 0.0867. The Hall–Kier alpha value is -3.66. The van der Waals surface area contributed by atoms with Crippen LogP contribution in [0.15, 0.2) is 35.7 Å². The molecule has 1 aliphatic heterocycles. The van der Waals surface area contributed by atoms with Gasteiger partial charge in [0.2, 0.25) is 0 Å². The van der Waals surface area contributed by atoms with Gasteiger partial charge in [-0.2, -0.15) is 0 Å². The molecule has 1 saturated heterocycles. The molecule has 0 unspecified atom stereocenters. The zero-order valence-electron chi connectivity index (χ0n) is 24.8. The number of amides is 1. The van der Waals surface area contributed by atoms with Gasteiger partial charge in [0.15, 0.2) is 5.82 Å². The average Bonchev–Trinajstić information content (AvgIpc) is 3.45. The maximum atomic E-state index is 12.7. The molecule has 10 heteroatoms. The Morgan fingerprint density at radius 3 is 2.49 bits per heavy atom. The van der Waals surface area contributed by atoms with Crippen LogP contribution in [0.4, 0.5) is 5.82 Å². The second-order valence-corrected chi connectivity index (χ2v) is 12.7. The van der Waals surface area contributed by atoms with Gasteiger partial charge in [0.25, 0.3) is 5.91 Å². The molecule has 2 N–H and O–H groups in total. The van der Waals surface area contributed by atoms with Gasteiger partial charge in [0, 0.05) is 42.6 Å². The van der Waals surface area contributed by atoms with Crippen LogP contribution in [-0.4, -0.2) is 55.8 Å². The molecule has 1 amide bonds. The summed E-state index contributed by atoms with van der Waals surface area (Å²) in [7, 11) is 0. The van der Waals surface area contributed by atoms with Crippen molar-refractivity contribution in [1.29, 1.82) is 0 Å². The molecule has 0 radical (unpaired) electrons. The van der Waals surface area contributed by atoms with Gasteiger partial charge in [0.05, 0.1) is 22.8 Å². The number of carbonyl (C=O) groups excluding carboxylic acids is 1. The predicted molar refractivity (Wildman–Crippen MR) is 163 cm³/mol. The summed E-state index contributed by atoms with van der Waals surface area (Å²) in [5, 5.41) is 13.3. The number of aryl methyl sites for hydroxylation is 1. The van der Waals surface area contributed by atoms with E-state index in [-0.39, 0.29) is 17.2 Å². The number of carboxylic acids is 1. The van der Waals surface area contributed by atoms with Crippen molar-refractivity contribution in [3.8, 4) is 11.3 Å². The van der Waals surface area contributed by atoms with Gasteiger partial charge < -0.3 is 15.3 Å². The van der Waals surface area contributed by atoms with Gasteiger partial charge in [-0.15, -0.1) is 11.3 Å². The fourth-order valence-electron chi connectivity index (χ4n) is 4.89. The van der Waals surface area contributed by atoms with Gasteiger partial charge >= 0.3 is 5.97 Å². The number of aromatic nitrogens is 3. The smallest absolute Gasteiger partial charge is 0.306 e. The summed E-state index contributed by atoms with van der Waals surface area (Å²) in [5.41, 5.74) is 4.67. The SMILES string of the molecule is CCCC(=Nc1ncnc(-c2ccc(CNC(=O)c3cnc(C(C)(C)C)s3)c(C)c2)c1C)N1CCC(C(=O)O)CC1. The predicted octanol–water partition coefficient (Wildman–Crippen LogP) is 6.07. The summed E-state index contributed by atoms with van der Waals surface area (Å²) >= 11 is 1.43. The number of thiazole rings is 1. The van der Waals surface area contributed by atoms with E-state index in [1.807, 2.05) is 26.0 Å². The lowest BCUT2D eigenvalue weighted by Crippen LogP contribution is -2.40. The third-order valence-corrected chi connectivity index (χ3v) is 8.82. The van der Waals surface area contributed by atoms with Crippen LogP contribution in [0.1, 0.15) is 84.7 Å². The number of hydrogen-bond acceptors (Lipinski definition) is 7. The first kappa shape index (κ1) is 30.3. The van der Waals surface area contributed by atoms with Crippen molar-refractivity contribution in [1.82, 2.24) is 25.2 Å². The van der Waals surface area contributed by atoms with Crippen LogP contribution in [0.5, 0.6) is 0 Å². The summed E-state index contributed by atoms with van der Waals surface area (Å²) < 4.78 is 0. The number of nitrogens with zero attached hydrogens (tertiary/aromatic N) is 5. The Bertz CT molecular complexity index is 1430. The van der Waals surface area contributed by atoms with Crippen molar-refractivity contribution in [2.24, 2.45) is 10.9 Å². The fourth-order valence-corrected chi connectivity index (χ4v) is 5.78. The first-order chi connectivity index (χ1) is 19.5. The molecule has 3 aromatic rings. The van der Waals surface area contributed by atoms with Crippen molar-refractivity contribution >= 4 is 34.9 Å². The van der Waals surface area contributed by atoms with E-state index < -0.39 is 5.97 Å². The molecule has 9 nitrogen and oxygen atoms in total. The molecule has 0 spiro atoms. The van der Waals surface area contributed by atoms with Crippen LogP contribution < -0.4 is 5.32 Å². The van der Waals surface area contributed by atoms with Crippen molar-refractivity contribution in [3.05, 3.63) is 57.3 Å². The molecular formula is C31H40N6O3S. The molecule has 1 fully saturated rings. The number of carboxylic acid groups (broad SMARTS) is 1. The number of piperidine rings is 1. The number of aliphatic imine (C=N–C) groups is 1. The van der Waals surface area contributed by atoms with Gasteiger partial charge in [-0.1, -0.05) is 39.8 Å². The molecule has 4 rings (SSSR count).